The average molecular weight is 364 g/mol. The highest BCUT2D eigenvalue weighted by Crippen LogP contribution is 2.41. The highest BCUT2D eigenvalue weighted by Gasteiger charge is 2.34. The number of amides is 2. The van der Waals surface area contributed by atoms with Crippen molar-refractivity contribution in [3.05, 3.63) is 47.2 Å². The van der Waals surface area contributed by atoms with E-state index in [1.807, 2.05) is 18.2 Å². The first kappa shape index (κ1) is 16.6. The highest BCUT2D eigenvalue weighted by molar-refractivity contribution is 8.14. The predicted octanol–water partition coefficient (Wildman–Crippen LogP) is 3.60. The number of thioether (sulfide) groups is 1. The molecule has 0 aliphatic carbocycles. The van der Waals surface area contributed by atoms with Crippen LogP contribution in [0.15, 0.2) is 45.9 Å². The van der Waals surface area contributed by atoms with Gasteiger partial charge in [0.1, 0.15) is 11.5 Å². The number of carbonyl (C=O) groups excluding carboxylic acids is 2. The molecular weight excluding hydrogens is 350 g/mol. The van der Waals surface area contributed by atoms with Crippen molar-refractivity contribution in [1.82, 2.24) is 10.3 Å². The van der Waals surface area contributed by atoms with Crippen molar-refractivity contribution < 1.29 is 14.0 Å². The Morgan fingerprint density at radius 2 is 2.00 bits per heavy atom. The lowest BCUT2D eigenvalue weighted by molar-refractivity contribution is -0.129. The van der Waals surface area contributed by atoms with Crippen molar-refractivity contribution in [2.24, 2.45) is 5.10 Å². The van der Waals surface area contributed by atoms with Crippen molar-refractivity contribution >= 4 is 40.3 Å². The molecule has 1 atom stereocenters. The molecule has 124 valence electrons. The third-order valence-corrected chi connectivity index (χ3v) is 4.65. The van der Waals surface area contributed by atoms with Gasteiger partial charge in [-0.3, -0.25) is 9.59 Å². The second-order valence-electron chi connectivity index (χ2n) is 5.10. The van der Waals surface area contributed by atoms with Gasteiger partial charge in [0, 0.05) is 19.4 Å². The molecule has 2 amide bonds. The van der Waals surface area contributed by atoms with Crippen LogP contribution in [0.3, 0.4) is 0 Å². The van der Waals surface area contributed by atoms with E-state index < -0.39 is 5.37 Å². The Bertz CT molecular complexity index is 833. The lowest BCUT2D eigenvalue weighted by atomic mass is 10.2. The Labute approximate surface area is 147 Å². The number of halogens is 1. The van der Waals surface area contributed by atoms with Gasteiger partial charge in [-0.05, 0) is 24.3 Å². The van der Waals surface area contributed by atoms with E-state index in [0.29, 0.717) is 21.7 Å². The normalized spacial score (nSPS) is 16.9. The average Bonchev–Trinajstić information content (AvgIpc) is 3.13. The molecule has 2 aromatic rings. The summed E-state index contributed by atoms with van der Waals surface area (Å²) in [6, 6.07) is 10.9. The van der Waals surface area contributed by atoms with E-state index in [2.05, 4.69) is 10.4 Å². The first-order valence-corrected chi connectivity index (χ1v) is 8.39. The van der Waals surface area contributed by atoms with Crippen LogP contribution in [0.25, 0.3) is 11.3 Å². The lowest BCUT2D eigenvalue weighted by Crippen LogP contribution is -2.25. The van der Waals surface area contributed by atoms with E-state index in [1.54, 1.807) is 18.2 Å². The third kappa shape index (κ3) is 3.32. The molecule has 1 aromatic carbocycles. The number of rotatable bonds is 2. The monoisotopic (exact) mass is 363 g/mol. The van der Waals surface area contributed by atoms with E-state index >= 15 is 0 Å². The molecule has 2 heterocycles. The first-order valence-electron chi connectivity index (χ1n) is 7.13. The predicted molar refractivity (Wildman–Crippen MR) is 93.3 cm³/mol. The number of carbonyl (C=O) groups is 2. The molecule has 1 aliphatic heterocycles. The molecule has 0 fully saturated rings. The van der Waals surface area contributed by atoms with Crippen LogP contribution in [0.1, 0.15) is 25.0 Å². The maximum atomic E-state index is 11.8. The molecule has 1 unspecified atom stereocenters. The van der Waals surface area contributed by atoms with Gasteiger partial charge in [-0.1, -0.05) is 35.5 Å². The zero-order chi connectivity index (χ0) is 17.3. The summed E-state index contributed by atoms with van der Waals surface area (Å²) < 4.78 is 5.88. The minimum absolute atomic E-state index is 0.247. The number of nitrogens with one attached hydrogen (secondary N) is 1. The third-order valence-electron chi connectivity index (χ3n) is 3.26. The zero-order valence-corrected chi connectivity index (χ0v) is 14.5. The number of furan rings is 1. The zero-order valence-electron chi connectivity index (χ0n) is 12.9. The second kappa shape index (κ2) is 6.70. The summed E-state index contributed by atoms with van der Waals surface area (Å²) in [4.78, 5) is 23.0. The number of hydrazone groups is 1. The van der Waals surface area contributed by atoms with Crippen LogP contribution in [-0.2, 0) is 9.59 Å². The van der Waals surface area contributed by atoms with E-state index in [9.17, 15) is 9.59 Å². The van der Waals surface area contributed by atoms with E-state index in [1.165, 1.54) is 30.6 Å². The summed E-state index contributed by atoms with van der Waals surface area (Å²) in [5.74, 6) is 0.659. The van der Waals surface area contributed by atoms with Crippen LogP contribution < -0.4 is 5.32 Å². The summed E-state index contributed by atoms with van der Waals surface area (Å²) in [5.41, 5.74) is 0.769. The SMILES string of the molecule is CC(=O)NC1=NN(C(C)=O)C(c2ccc(-c3ccccc3Cl)o2)S1. The Morgan fingerprint density at radius 1 is 1.25 bits per heavy atom. The quantitative estimate of drug-likeness (QED) is 0.884. The largest absolute Gasteiger partial charge is 0.458 e. The number of hydrogen-bond donors (Lipinski definition) is 1. The van der Waals surface area contributed by atoms with Crippen LogP contribution in [-0.4, -0.2) is 22.0 Å². The molecule has 0 saturated carbocycles. The van der Waals surface area contributed by atoms with Gasteiger partial charge in [-0.15, -0.1) is 5.10 Å². The minimum Gasteiger partial charge on any atom is -0.458 e. The molecule has 0 radical (unpaired) electrons. The number of hydrogen-bond acceptors (Lipinski definition) is 5. The van der Waals surface area contributed by atoms with Crippen molar-refractivity contribution in [3.63, 3.8) is 0 Å². The molecule has 1 aliphatic rings. The molecule has 0 spiro atoms. The summed E-state index contributed by atoms with van der Waals surface area (Å²) >= 11 is 7.43. The van der Waals surface area contributed by atoms with E-state index in [-0.39, 0.29) is 11.8 Å². The minimum atomic E-state index is -0.472. The second-order valence-corrected chi connectivity index (χ2v) is 6.58. The number of nitrogens with zero attached hydrogens (tertiary/aromatic N) is 2. The molecule has 0 saturated heterocycles. The van der Waals surface area contributed by atoms with Crippen molar-refractivity contribution in [3.8, 4) is 11.3 Å². The molecule has 1 aromatic heterocycles. The van der Waals surface area contributed by atoms with E-state index in [4.69, 9.17) is 16.0 Å². The molecular formula is C16H14ClN3O3S. The lowest BCUT2D eigenvalue weighted by Gasteiger charge is -2.16. The Morgan fingerprint density at radius 3 is 2.67 bits per heavy atom. The van der Waals surface area contributed by atoms with E-state index in [0.717, 1.165) is 5.56 Å². The fourth-order valence-electron chi connectivity index (χ4n) is 2.24. The number of amidine groups is 1. The van der Waals surface area contributed by atoms with Crippen LogP contribution in [0.2, 0.25) is 5.02 Å². The molecule has 6 nitrogen and oxygen atoms in total. The number of benzene rings is 1. The van der Waals surface area contributed by atoms with Crippen LogP contribution in [0, 0.1) is 0 Å². The van der Waals surface area contributed by atoms with Crippen molar-refractivity contribution in [2.45, 2.75) is 19.2 Å². The van der Waals surface area contributed by atoms with Gasteiger partial charge in [0.05, 0.1) is 5.02 Å². The molecule has 8 heteroatoms. The van der Waals surface area contributed by atoms with Crippen molar-refractivity contribution in [1.29, 1.82) is 0 Å². The van der Waals surface area contributed by atoms with Gasteiger partial charge in [0.15, 0.2) is 10.5 Å². The van der Waals surface area contributed by atoms with Crippen LogP contribution in [0.4, 0.5) is 0 Å². The molecule has 0 bridgehead atoms. The highest BCUT2D eigenvalue weighted by atomic mass is 35.5. The smallest absolute Gasteiger partial charge is 0.241 e. The fraction of sp³-hybridized carbons (Fsp3) is 0.188. The Hall–Kier alpha value is -2.25. The maximum Gasteiger partial charge on any atom is 0.241 e. The molecule has 3 rings (SSSR count). The summed E-state index contributed by atoms with van der Waals surface area (Å²) in [6.45, 7) is 2.79. The summed E-state index contributed by atoms with van der Waals surface area (Å²) in [7, 11) is 0. The molecule has 24 heavy (non-hydrogen) atoms. The standard InChI is InChI=1S/C16H14ClN3O3S/c1-9(21)18-16-19-20(10(2)22)15(24-16)14-8-7-13(23-14)11-5-3-4-6-12(11)17/h3-8,15H,1-2H3,(H,18,19,21). The maximum absolute atomic E-state index is 11.8. The Balaban J connectivity index is 1.88. The fourth-order valence-corrected chi connectivity index (χ4v) is 3.56. The summed E-state index contributed by atoms with van der Waals surface area (Å²) in [6.07, 6.45) is 0. The van der Waals surface area contributed by atoms with Crippen LogP contribution >= 0.6 is 23.4 Å². The van der Waals surface area contributed by atoms with Gasteiger partial charge in [-0.25, -0.2) is 5.01 Å². The van der Waals surface area contributed by atoms with Gasteiger partial charge in [-0.2, -0.15) is 0 Å². The molecule has 1 N–H and O–H groups in total. The van der Waals surface area contributed by atoms with Gasteiger partial charge >= 0.3 is 0 Å². The first-order chi connectivity index (χ1) is 11.5. The topological polar surface area (TPSA) is 74.9 Å². The van der Waals surface area contributed by atoms with Gasteiger partial charge in [0.25, 0.3) is 0 Å². The summed E-state index contributed by atoms with van der Waals surface area (Å²) in [5, 5.41) is 8.47. The van der Waals surface area contributed by atoms with Gasteiger partial charge in [0.2, 0.25) is 11.8 Å². The van der Waals surface area contributed by atoms with Gasteiger partial charge < -0.3 is 9.73 Å². The Kier molecular flexibility index (Phi) is 4.64. The van der Waals surface area contributed by atoms with Crippen molar-refractivity contribution in [2.75, 3.05) is 0 Å². The van der Waals surface area contributed by atoms with Crippen LogP contribution in [0.5, 0.6) is 0 Å².